The van der Waals surface area contributed by atoms with Gasteiger partial charge in [-0.25, -0.2) is 9.69 Å². The van der Waals surface area contributed by atoms with Gasteiger partial charge in [0.25, 0.3) is 0 Å². The molecule has 0 unspecified atom stereocenters. The van der Waals surface area contributed by atoms with Crippen LogP contribution in [0.4, 0.5) is 4.79 Å². The summed E-state index contributed by atoms with van der Waals surface area (Å²) in [7, 11) is 0. The lowest BCUT2D eigenvalue weighted by Gasteiger charge is -2.04. The maximum Gasteiger partial charge on any atom is 0.332 e. The standard InChI is InChI=1S/C6H4N2O3/c1-2-3-8-5(10)4(9)7-6(8)11/h1H,3H2,(H,7,9,11). The molecule has 5 nitrogen and oxygen atoms in total. The summed E-state index contributed by atoms with van der Waals surface area (Å²) >= 11 is 0. The summed E-state index contributed by atoms with van der Waals surface area (Å²) in [6, 6.07) is -0.752. The van der Waals surface area contributed by atoms with Crippen LogP contribution in [0.5, 0.6) is 0 Å². The third-order valence-electron chi connectivity index (χ3n) is 1.15. The first kappa shape index (κ1) is 7.28. The molecule has 5 heteroatoms. The molecule has 0 atom stereocenters. The van der Waals surface area contributed by atoms with Gasteiger partial charge in [-0.2, -0.15) is 0 Å². The second-order valence-electron chi connectivity index (χ2n) is 1.85. The Morgan fingerprint density at radius 2 is 2.09 bits per heavy atom. The number of hydrogen-bond donors (Lipinski definition) is 1. The van der Waals surface area contributed by atoms with Crippen molar-refractivity contribution < 1.29 is 14.4 Å². The Morgan fingerprint density at radius 1 is 1.45 bits per heavy atom. The van der Waals surface area contributed by atoms with Gasteiger partial charge in [-0.1, -0.05) is 5.92 Å². The average Bonchev–Trinajstić information content (AvgIpc) is 2.17. The molecule has 11 heavy (non-hydrogen) atoms. The monoisotopic (exact) mass is 152 g/mol. The van der Waals surface area contributed by atoms with Crippen molar-refractivity contribution in [3.63, 3.8) is 0 Å². The molecule has 0 radical (unpaired) electrons. The molecule has 0 bridgehead atoms. The molecule has 0 aliphatic carbocycles. The van der Waals surface area contributed by atoms with Gasteiger partial charge in [-0.05, 0) is 0 Å². The molecule has 0 aromatic rings. The number of rotatable bonds is 1. The van der Waals surface area contributed by atoms with Gasteiger partial charge < -0.3 is 0 Å². The van der Waals surface area contributed by atoms with Gasteiger partial charge in [0, 0.05) is 0 Å². The predicted molar refractivity (Wildman–Crippen MR) is 34.1 cm³/mol. The zero-order valence-electron chi connectivity index (χ0n) is 5.46. The van der Waals surface area contributed by atoms with Crippen molar-refractivity contribution in [3.8, 4) is 12.3 Å². The minimum absolute atomic E-state index is 0.170. The number of urea groups is 1. The summed E-state index contributed by atoms with van der Waals surface area (Å²) in [6.45, 7) is -0.170. The zero-order chi connectivity index (χ0) is 8.43. The van der Waals surface area contributed by atoms with Crippen LogP contribution in [0.15, 0.2) is 0 Å². The van der Waals surface area contributed by atoms with E-state index >= 15 is 0 Å². The third-order valence-corrected chi connectivity index (χ3v) is 1.15. The van der Waals surface area contributed by atoms with E-state index < -0.39 is 17.8 Å². The highest BCUT2D eigenvalue weighted by molar-refractivity contribution is 6.44. The van der Waals surface area contributed by atoms with E-state index in [1.165, 1.54) is 0 Å². The van der Waals surface area contributed by atoms with Gasteiger partial charge >= 0.3 is 17.8 Å². The fourth-order valence-electron chi connectivity index (χ4n) is 0.668. The van der Waals surface area contributed by atoms with Gasteiger partial charge in [-0.15, -0.1) is 6.42 Å². The summed E-state index contributed by atoms with van der Waals surface area (Å²) < 4.78 is 0. The second-order valence-corrected chi connectivity index (χ2v) is 1.85. The van der Waals surface area contributed by atoms with Crippen molar-refractivity contribution in [2.45, 2.75) is 0 Å². The van der Waals surface area contributed by atoms with Gasteiger partial charge in [0.1, 0.15) is 0 Å². The average molecular weight is 152 g/mol. The lowest BCUT2D eigenvalue weighted by molar-refractivity contribution is -0.139. The van der Waals surface area contributed by atoms with Crippen molar-refractivity contribution in [1.29, 1.82) is 0 Å². The summed E-state index contributed by atoms with van der Waals surface area (Å²) in [5.74, 6) is 0.262. The summed E-state index contributed by atoms with van der Waals surface area (Å²) in [5, 5.41) is 1.80. The molecule has 1 aliphatic rings. The highest BCUT2D eigenvalue weighted by atomic mass is 16.2. The van der Waals surface area contributed by atoms with E-state index in [1.807, 2.05) is 0 Å². The Morgan fingerprint density at radius 3 is 2.45 bits per heavy atom. The Labute approximate surface area is 62.4 Å². The van der Waals surface area contributed by atoms with E-state index in [0.717, 1.165) is 0 Å². The maximum absolute atomic E-state index is 10.7. The molecule has 56 valence electrons. The predicted octanol–water partition coefficient (Wildman–Crippen LogP) is -1.30. The Kier molecular flexibility index (Phi) is 1.60. The van der Waals surface area contributed by atoms with E-state index in [2.05, 4.69) is 5.92 Å². The van der Waals surface area contributed by atoms with Crippen molar-refractivity contribution in [2.24, 2.45) is 0 Å². The number of imide groups is 2. The molecule has 1 saturated heterocycles. The van der Waals surface area contributed by atoms with Crippen LogP contribution in [-0.2, 0) is 9.59 Å². The van der Waals surface area contributed by atoms with Gasteiger partial charge in [-0.3, -0.25) is 14.9 Å². The Balaban J connectivity index is 2.82. The minimum atomic E-state index is -0.926. The van der Waals surface area contributed by atoms with Crippen LogP contribution in [-0.4, -0.2) is 29.3 Å². The summed E-state index contributed by atoms with van der Waals surface area (Å²) in [6.07, 6.45) is 4.84. The smallest absolute Gasteiger partial charge is 0.269 e. The number of nitrogens with zero attached hydrogens (tertiary/aromatic N) is 1. The van der Waals surface area contributed by atoms with Gasteiger partial charge in [0.05, 0.1) is 6.54 Å². The second kappa shape index (κ2) is 2.42. The fourth-order valence-corrected chi connectivity index (χ4v) is 0.668. The SMILES string of the molecule is C#CCN1C(=O)NC(=O)C1=O. The van der Waals surface area contributed by atoms with Gasteiger partial charge in [0.15, 0.2) is 0 Å². The number of carbonyl (C=O) groups is 3. The molecule has 0 aromatic heterocycles. The number of hydrogen-bond acceptors (Lipinski definition) is 3. The first-order chi connectivity index (χ1) is 5.16. The van der Waals surface area contributed by atoms with Crippen molar-refractivity contribution >= 4 is 17.8 Å². The topological polar surface area (TPSA) is 66.5 Å². The molecular formula is C6H4N2O3. The number of terminal acetylenes is 1. The quantitative estimate of drug-likeness (QED) is 0.288. The number of amides is 4. The van der Waals surface area contributed by atoms with Crippen LogP contribution in [0.25, 0.3) is 0 Å². The lowest BCUT2D eigenvalue weighted by Crippen LogP contribution is -2.31. The van der Waals surface area contributed by atoms with Crippen LogP contribution in [0, 0.1) is 12.3 Å². The molecule has 1 heterocycles. The first-order valence-electron chi connectivity index (χ1n) is 2.77. The Hall–Kier alpha value is -1.83. The normalized spacial score (nSPS) is 16.6. The molecule has 4 amide bonds. The highest BCUT2D eigenvalue weighted by Crippen LogP contribution is 1.97. The minimum Gasteiger partial charge on any atom is -0.269 e. The summed E-state index contributed by atoms with van der Waals surface area (Å²) in [5.41, 5.74) is 0. The van der Waals surface area contributed by atoms with Crippen LogP contribution in [0.3, 0.4) is 0 Å². The van der Waals surface area contributed by atoms with E-state index in [0.29, 0.717) is 4.90 Å². The molecule has 1 fully saturated rings. The number of carbonyl (C=O) groups excluding carboxylic acids is 3. The Bertz CT molecular complexity index is 276. The number of nitrogens with one attached hydrogen (secondary N) is 1. The molecule has 0 spiro atoms. The van der Waals surface area contributed by atoms with E-state index in [9.17, 15) is 14.4 Å². The molecular weight excluding hydrogens is 148 g/mol. The molecule has 0 aromatic carbocycles. The van der Waals surface area contributed by atoms with Crippen molar-refractivity contribution in [3.05, 3.63) is 0 Å². The van der Waals surface area contributed by atoms with Crippen LogP contribution >= 0.6 is 0 Å². The van der Waals surface area contributed by atoms with E-state index in [1.54, 1.807) is 5.32 Å². The van der Waals surface area contributed by atoms with Crippen LogP contribution in [0.1, 0.15) is 0 Å². The van der Waals surface area contributed by atoms with E-state index in [-0.39, 0.29) is 6.54 Å². The third kappa shape index (κ3) is 1.05. The van der Waals surface area contributed by atoms with Gasteiger partial charge in [0.2, 0.25) is 0 Å². The van der Waals surface area contributed by atoms with Crippen molar-refractivity contribution in [1.82, 2.24) is 10.2 Å². The molecule has 1 N–H and O–H groups in total. The first-order valence-corrected chi connectivity index (χ1v) is 2.77. The molecule has 1 rings (SSSR count). The molecule has 1 aliphatic heterocycles. The lowest BCUT2D eigenvalue weighted by atomic mass is 10.5. The highest BCUT2D eigenvalue weighted by Gasteiger charge is 2.35. The van der Waals surface area contributed by atoms with Crippen LogP contribution in [0.2, 0.25) is 0 Å². The fraction of sp³-hybridized carbons (Fsp3) is 0.167. The van der Waals surface area contributed by atoms with Crippen LogP contribution < -0.4 is 5.32 Å². The zero-order valence-corrected chi connectivity index (χ0v) is 5.46. The molecule has 0 saturated carbocycles. The largest absolute Gasteiger partial charge is 0.332 e. The van der Waals surface area contributed by atoms with Crippen molar-refractivity contribution in [2.75, 3.05) is 6.54 Å². The maximum atomic E-state index is 10.7. The van der Waals surface area contributed by atoms with E-state index in [4.69, 9.17) is 6.42 Å². The summed E-state index contributed by atoms with van der Waals surface area (Å²) in [4.78, 5) is 32.5.